The Morgan fingerprint density at radius 2 is 1.63 bits per heavy atom. The van der Waals surface area contributed by atoms with Gasteiger partial charge in [-0.15, -0.1) is 0 Å². The fourth-order valence-corrected chi connectivity index (χ4v) is 2.74. The van der Waals surface area contributed by atoms with Gasteiger partial charge in [-0.3, -0.25) is 9.36 Å². The zero-order chi connectivity index (χ0) is 14.9. The highest BCUT2D eigenvalue weighted by Gasteiger charge is 2.31. The molecule has 0 saturated carbocycles. The second-order valence-corrected chi connectivity index (χ2v) is 5.57. The maximum atomic E-state index is 12.1. The summed E-state index contributed by atoms with van der Waals surface area (Å²) >= 11 is 0. The number of hydrogen-bond acceptors (Lipinski definition) is 7. The molecule has 0 aromatic heterocycles. The Morgan fingerprint density at radius 3 is 2.00 bits per heavy atom. The van der Waals surface area contributed by atoms with Crippen molar-refractivity contribution in [2.45, 2.75) is 33.3 Å². The Balaban J connectivity index is 4.56. The third-order valence-corrected chi connectivity index (χ3v) is 4.03. The van der Waals surface area contributed by atoms with Crippen LogP contribution in [0.15, 0.2) is 0 Å². The number of methoxy groups -OCH3 is 1. The van der Waals surface area contributed by atoms with Crippen LogP contribution < -0.4 is 0 Å². The van der Waals surface area contributed by atoms with Gasteiger partial charge in [-0.05, 0) is 20.3 Å². The molecule has 112 valence electrons. The van der Waals surface area contributed by atoms with Crippen LogP contribution in [-0.4, -0.2) is 44.5 Å². The molecule has 0 heterocycles. The lowest BCUT2D eigenvalue weighted by molar-refractivity contribution is -0.164. The fourth-order valence-electron chi connectivity index (χ4n) is 1.31. The number of carbonyl (C=O) groups excluding carboxylic acids is 2. The third-order valence-electron chi connectivity index (χ3n) is 2.08. The molecule has 0 aromatic carbocycles. The van der Waals surface area contributed by atoms with Gasteiger partial charge in [0.05, 0.1) is 20.3 Å². The number of esters is 2. The Kier molecular flexibility index (Phi) is 8.63. The smallest absolute Gasteiger partial charge is 0.347 e. The van der Waals surface area contributed by atoms with Crippen molar-refractivity contribution >= 4 is 19.5 Å². The van der Waals surface area contributed by atoms with E-state index in [-0.39, 0.29) is 19.6 Å². The molecule has 7 nitrogen and oxygen atoms in total. The lowest BCUT2D eigenvalue weighted by Crippen LogP contribution is -2.29. The van der Waals surface area contributed by atoms with Gasteiger partial charge >= 0.3 is 19.5 Å². The zero-order valence-electron chi connectivity index (χ0n) is 11.7. The zero-order valence-corrected chi connectivity index (χ0v) is 12.6. The molecule has 19 heavy (non-hydrogen) atoms. The maximum absolute atomic E-state index is 12.1. The van der Waals surface area contributed by atoms with E-state index in [2.05, 4.69) is 4.74 Å². The molecule has 0 fully saturated rings. The van der Waals surface area contributed by atoms with Crippen molar-refractivity contribution in [3.63, 3.8) is 0 Å². The normalized spacial score (nSPS) is 12.8. The van der Waals surface area contributed by atoms with E-state index < -0.39 is 31.8 Å². The van der Waals surface area contributed by atoms with Crippen LogP contribution in [0.5, 0.6) is 0 Å². The summed E-state index contributed by atoms with van der Waals surface area (Å²) in [4.78, 5) is 22.9. The van der Waals surface area contributed by atoms with Crippen molar-refractivity contribution in [1.82, 2.24) is 0 Å². The van der Waals surface area contributed by atoms with Gasteiger partial charge in [-0.25, -0.2) is 4.79 Å². The molecule has 0 saturated heterocycles. The highest BCUT2D eigenvalue weighted by atomic mass is 31.2. The first-order valence-electron chi connectivity index (χ1n) is 6.07. The standard InChI is InChI=1S/C11H21O7P/c1-5-9(11(13)15-4)18-10(12)8-19(14,16-6-2)17-7-3/h9H,5-8H2,1-4H3. The molecule has 0 bridgehead atoms. The van der Waals surface area contributed by atoms with Crippen molar-refractivity contribution in [3.05, 3.63) is 0 Å². The van der Waals surface area contributed by atoms with Gasteiger partial charge < -0.3 is 18.5 Å². The second-order valence-electron chi connectivity index (χ2n) is 3.51. The summed E-state index contributed by atoms with van der Waals surface area (Å²) in [5, 5.41) is 0. The van der Waals surface area contributed by atoms with E-state index in [1.165, 1.54) is 7.11 Å². The summed E-state index contributed by atoms with van der Waals surface area (Å²) in [5.41, 5.74) is 0. The fraction of sp³-hybridized carbons (Fsp3) is 0.818. The van der Waals surface area contributed by atoms with Crippen LogP contribution in [0, 0.1) is 0 Å². The minimum atomic E-state index is -3.51. The van der Waals surface area contributed by atoms with Crippen LogP contribution in [0.2, 0.25) is 0 Å². The molecule has 1 unspecified atom stereocenters. The summed E-state index contributed by atoms with van der Waals surface area (Å²) in [7, 11) is -2.31. The van der Waals surface area contributed by atoms with Gasteiger partial charge in [0.15, 0.2) is 6.10 Å². The number of rotatable bonds is 9. The highest BCUT2D eigenvalue weighted by molar-refractivity contribution is 7.54. The lowest BCUT2D eigenvalue weighted by Gasteiger charge is -2.18. The Morgan fingerprint density at radius 1 is 1.11 bits per heavy atom. The van der Waals surface area contributed by atoms with Crippen molar-refractivity contribution < 1.29 is 32.7 Å². The first kappa shape index (κ1) is 18.1. The molecule has 0 N–H and O–H groups in total. The van der Waals surface area contributed by atoms with Crippen LogP contribution in [-0.2, 0) is 32.7 Å². The quantitative estimate of drug-likeness (QED) is 0.473. The molecule has 0 spiro atoms. The minimum absolute atomic E-state index is 0.152. The van der Waals surface area contributed by atoms with Gasteiger partial charge in [-0.1, -0.05) is 6.92 Å². The lowest BCUT2D eigenvalue weighted by atomic mass is 10.3. The van der Waals surface area contributed by atoms with Gasteiger partial charge in [0.25, 0.3) is 0 Å². The second kappa shape index (κ2) is 9.07. The van der Waals surface area contributed by atoms with E-state index in [1.54, 1.807) is 20.8 Å². The number of ether oxygens (including phenoxy) is 2. The molecule has 0 aromatic rings. The molecule has 0 aliphatic heterocycles. The Labute approximate surface area is 113 Å². The van der Waals surface area contributed by atoms with E-state index in [4.69, 9.17) is 13.8 Å². The molecule has 0 amide bonds. The molecule has 0 aliphatic rings. The Hall–Kier alpha value is -0.910. The molecule has 1 atom stereocenters. The van der Waals surface area contributed by atoms with Crippen molar-refractivity contribution in [1.29, 1.82) is 0 Å². The van der Waals surface area contributed by atoms with Crippen LogP contribution >= 0.6 is 7.60 Å². The van der Waals surface area contributed by atoms with E-state index in [9.17, 15) is 14.2 Å². The average Bonchev–Trinajstić information content (AvgIpc) is 2.35. The van der Waals surface area contributed by atoms with Gasteiger partial charge in [0.2, 0.25) is 0 Å². The molecular weight excluding hydrogens is 275 g/mol. The summed E-state index contributed by atoms with van der Waals surface area (Å²) in [6.07, 6.45) is -1.26. The van der Waals surface area contributed by atoms with E-state index >= 15 is 0 Å². The molecule has 0 radical (unpaired) electrons. The maximum Gasteiger partial charge on any atom is 0.347 e. The molecule has 0 aliphatic carbocycles. The first-order chi connectivity index (χ1) is 8.92. The van der Waals surface area contributed by atoms with Crippen LogP contribution in [0.3, 0.4) is 0 Å². The predicted octanol–water partition coefficient (Wildman–Crippen LogP) is 1.75. The largest absolute Gasteiger partial charge is 0.466 e. The molecular formula is C11H21O7P. The van der Waals surface area contributed by atoms with Gasteiger partial charge in [0.1, 0.15) is 6.16 Å². The summed E-state index contributed by atoms with van der Waals surface area (Å²) in [5.74, 6) is -1.47. The van der Waals surface area contributed by atoms with Crippen molar-refractivity contribution in [2.75, 3.05) is 26.5 Å². The minimum Gasteiger partial charge on any atom is -0.466 e. The number of carbonyl (C=O) groups is 2. The van der Waals surface area contributed by atoms with E-state index in [0.29, 0.717) is 0 Å². The van der Waals surface area contributed by atoms with Crippen LogP contribution in [0.1, 0.15) is 27.2 Å². The van der Waals surface area contributed by atoms with Gasteiger partial charge in [0, 0.05) is 0 Å². The summed E-state index contributed by atoms with van der Waals surface area (Å²) in [6, 6.07) is 0. The third kappa shape index (κ3) is 6.71. The summed E-state index contributed by atoms with van der Waals surface area (Å²) < 4.78 is 31.4. The average molecular weight is 296 g/mol. The molecule has 8 heteroatoms. The number of hydrogen-bond donors (Lipinski definition) is 0. The first-order valence-corrected chi connectivity index (χ1v) is 7.80. The van der Waals surface area contributed by atoms with Crippen molar-refractivity contribution in [3.8, 4) is 0 Å². The monoisotopic (exact) mass is 296 g/mol. The topological polar surface area (TPSA) is 88.1 Å². The van der Waals surface area contributed by atoms with E-state index in [0.717, 1.165) is 0 Å². The van der Waals surface area contributed by atoms with Crippen molar-refractivity contribution in [2.24, 2.45) is 0 Å². The SMILES string of the molecule is CCOP(=O)(CC(=O)OC(CC)C(=O)OC)OCC. The summed E-state index contributed by atoms with van der Waals surface area (Å²) in [6.45, 7) is 5.25. The molecule has 0 rings (SSSR count). The van der Waals surface area contributed by atoms with Gasteiger partial charge in [-0.2, -0.15) is 0 Å². The Bertz CT molecular complexity index is 332. The van der Waals surface area contributed by atoms with Crippen LogP contribution in [0.4, 0.5) is 0 Å². The predicted molar refractivity (Wildman–Crippen MR) is 67.9 cm³/mol. The highest BCUT2D eigenvalue weighted by Crippen LogP contribution is 2.47. The van der Waals surface area contributed by atoms with E-state index in [1.807, 2.05) is 0 Å². The van der Waals surface area contributed by atoms with Crippen LogP contribution in [0.25, 0.3) is 0 Å².